The summed E-state index contributed by atoms with van der Waals surface area (Å²) in [6.45, 7) is 1.63. The molecular formula is C21H22FN7OS. The minimum absolute atomic E-state index is 0.256. The molecule has 3 aromatic heterocycles. The number of fused-ring (bicyclic) bond motifs is 1. The van der Waals surface area contributed by atoms with Gasteiger partial charge in [-0.1, -0.05) is 6.42 Å². The predicted octanol–water partition coefficient (Wildman–Crippen LogP) is 3.10. The van der Waals surface area contributed by atoms with Gasteiger partial charge in [-0.3, -0.25) is 4.98 Å². The zero-order valence-corrected chi connectivity index (χ0v) is 17.7. The fraction of sp³-hybridized carbons (Fsp3) is 0.381. The molecule has 1 aliphatic heterocycles. The van der Waals surface area contributed by atoms with E-state index in [9.17, 15) is 9.18 Å². The monoisotopic (exact) mass is 439 g/mol. The van der Waals surface area contributed by atoms with E-state index in [4.69, 9.17) is 5.73 Å². The summed E-state index contributed by atoms with van der Waals surface area (Å²) in [6.07, 6.45) is 5.18. The third-order valence-electron chi connectivity index (χ3n) is 6.11. The van der Waals surface area contributed by atoms with Crippen LogP contribution in [0.4, 0.5) is 15.0 Å². The van der Waals surface area contributed by atoms with Crippen LogP contribution >= 0.6 is 11.3 Å². The Balaban J connectivity index is 1.28. The van der Waals surface area contributed by atoms with Crippen LogP contribution in [0.3, 0.4) is 0 Å². The number of primary amides is 1. The number of urea groups is 1. The van der Waals surface area contributed by atoms with Crippen molar-refractivity contribution in [3.63, 3.8) is 0 Å². The number of aromatic nitrogens is 4. The second kappa shape index (κ2) is 7.84. The lowest BCUT2D eigenvalue weighted by molar-refractivity contribution is 0.202. The molecule has 2 aliphatic rings. The van der Waals surface area contributed by atoms with Gasteiger partial charge in [0.15, 0.2) is 0 Å². The molecule has 31 heavy (non-hydrogen) atoms. The zero-order valence-electron chi connectivity index (χ0n) is 16.8. The number of rotatable bonds is 5. The largest absolute Gasteiger partial charge is 0.368 e. The second-order valence-corrected chi connectivity index (χ2v) is 9.11. The number of pyridine rings is 1. The van der Waals surface area contributed by atoms with Gasteiger partial charge in [-0.2, -0.15) is 0 Å². The van der Waals surface area contributed by atoms with Crippen LogP contribution in [0.2, 0.25) is 0 Å². The van der Waals surface area contributed by atoms with Crippen LogP contribution in [0.15, 0.2) is 30.5 Å². The number of nitrogens with two attached hydrogens (primary N) is 1. The van der Waals surface area contributed by atoms with E-state index < -0.39 is 6.03 Å². The summed E-state index contributed by atoms with van der Waals surface area (Å²) in [4.78, 5) is 23.0. The summed E-state index contributed by atoms with van der Waals surface area (Å²) in [5.41, 5.74) is 7.30. The molecule has 8 nitrogen and oxygen atoms in total. The van der Waals surface area contributed by atoms with Crippen LogP contribution in [-0.4, -0.2) is 44.2 Å². The summed E-state index contributed by atoms with van der Waals surface area (Å²) < 4.78 is 14.3. The van der Waals surface area contributed by atoms with E-state index in [1.54, 1.807) is 17.2 Å². The molecule has 0 atom stereocenters. The summed E-state index contributed by atoms with van der Waals surface area (Å²) in [5, 5.41) is 12.7. The Hall–Kier alpha value is -3.14. The molecule has 5 rings (SSSR count). The molecule has 1 aliphatic carbocycles. The zero-order chi connectivity index (χ0) is 21.4. The average Bonchev–Trinajstić information content (AvgIpc) is 3.18. The number of amides is 2. The van der Waals surface area contributed by atoms with Crippen molar-refractivity contribution >= 4 is 23.2 Å². The van der Waals surface area contributed by atoms with Gasteiger partial charge in [0.1, 0.15) is 22.3 Å². The van der Waals surface area contributed by atoms with Crippen molar-refractivity contribution in [1.29, 1.82) is 0 Å². The third kappa shape index (κ3) is 3.71. The molecule has 0 radical (unpaired) electrons. The smallest absolute Gasteiger partial charge is 0.315 e. The number of carbonyl (C=O) groups excluding carboxylic acids is 1. The standard InChI is InChI=1S/C21H22FN7OS/c22-13-3-1-9-24-18(13)21(7-2-8-21)12-25-17-5-4-15(27-28-17)19-26-14-6-10-29(20(23)30)11-16(14)31-19/h1,3-5,9H,2,6-8,10-12H2,(H2,23,30)(H,25,28). The molecule has 160 valence electrons. The lowest BCUT2D eigenvalue weighted by Crippen LogP contribution is -2.42. The first-order valence-electron chi connectivity index (χ1n) is 10.3. The van der Waals surface area contributed by atoms with Gasteiger partial charge in [-0.25, -0.2) is 14.2 Å². The van der Waals surface area contributed by atoms with E-state index in [0.717, 1.165) is 34.8 Å². The van der Waals surface area contributed by atoms with Gasteiger partial charge in [0.2, 0.25) is 0 Å². The van der Waals surface area contributed by atoms with Gasteiger partial charge in [0, 0.05) is 36.0 Å². The highest BCUT2D eigenvalue weighted by Crippen LogP contribution is 2.43. The number of nitrogens with one attached hydrogen (secondary N) is 1. The molecule has 0 aromatic carbocycles. The molecule has 0 saturated heterocycles. The van der Waals surface area contributed by atoms with E-state index in [1.807, 2.05) is 12.1 Å². The maximum Gasteiger partial charge on any atom is 0.315 e. The maximum absolute atomic E-state index is 14.3. The number of thiazole rings is 1. The van der Waals surface area contributed by atoms with Crippen molar-refractivity contribution in [2.45, 2.75) is 37.6 Å². The van der Waals surface area contributed by atoms with Crippen molar-refractivity contribution in [1.82, 2.24) is 25.1 Å². The van der Waals surface area contributed by atoms with Crippen molar-refractivity contribution in [3.05, 3.63) is 52.5 Å². The van der Waals surface area contributed by atoms with E-state index in [-0.39, 0.29) is 11.2 Å². The Morgan fingerprint density at radius 3 is 2.84 bits per heavy atom. The summed E-state index contributed by atoms with van der Waals surface area (Å²) in [7, 11) is 0. The topological polar surface area (TPSA) is 110 Å². The molecule has 1 saturated carbocycles. The Morgan fingerprint density at radius 2 is 2.16 bits per heavy atom. The number of halogens is 1. The molecule has 0 spiro atoms. The van der Waals surface area contributed by atoms with Crippen LogP contribution in [0.25, 0.3) is 10.7 Å². The molecule has 2 amide bonds. The lowest BCUT2D eigenvalue weighted by Gasteiger charge is -2.41. The SMILES string of the molecule is NC(=O)N1CCc2nc(-c3ccc(NCC4(c5ncccc5F)CCC4)nn3)sc2C1. The summed E-state index contributed by atoms with van der Waals surface area (Å²) >= 11 is 1.51. The third-order valence-corrected chi connectivity index (χ3v) is 7.21. The Kier molecular flexibility index (Phi) is 5.01. The van der Waals surface area contributed by atoms with Crippen LogP contribution < -0.4 is 11.1 Å². The van der Waals surface area contributed by atoms with E-state index in [2.05, 4.69) is 25.5 Å². The van der Waals surface area contributed by atoms with E-state index in [0.29, 0.717) is 43.3 Å². The van der Waals surface area contributed by atoms with Gasteiger partial charge in [0.25, 0.3) is 0 Å². The van der Waals surface area contributed by atoms with Crippen molar-refractivity contribution in [3.8, 4) is 10.7 Å². The normalized spacial score (nSPS) is 17.0. The van der Waals surface area contributed by atoms with Crippen LogP contribution in [0, 0.1) is 5.82 Å². The van der Waals surface area contributed by atoms with E-state index in [1.165, 1.54) is 17.4 Å². The quantitative estimate of drug-likeness (QED) is 0.632. The number of nitrogens with zero attached hydrogens (tertiary/aromatic N) is 5. The number of hydrogen-bond donors (Lipinski definition) is 2. The van der Waals surface area contributed by atoms with Crippen LogP contribution in [0.1, 0.15) is 35.5 Å². The average molecular weight is 440 g/mol. The molecule has 10 heteroatoms. The first-order valence-corrected chi connectivity index (χ1v) is 11.1. The molecule has 3 aromatic rings. The minimum Gasteiger partial charge on any atom is -0.368 e. The first-order chi connectivity index (χ1) is 15.0. The van der Waals surface area contributed by atoms with Gasteiger partial charge in [-0.05, 0) is 37.1 Å². The number of carbonyl (C=O) groups is 1. The fourth-order valence-corrected chi connectivity index (χ4v) is 5.26. The molecule has 4 heterocycles. The second-order valence-electron chi connectivity index (χ2n) is 8.02. The fourth-order valence-electron chi connectivity index (χ4n) is 4.17. The Bertz CT molecular complexity index is 1110. The Morgan fingerprint density at radius 1 is 1.29 bits per heavy atom. The number of anilines is 1. The van der Waals surface area contributed by atoms with Crippen molar-refractivity contribution in [2.75, 3.05) is 18.4 Å². The molecular weight excluding hydrogens is 417 g/mol. The highest BCUT2D eigenvalue weighted by molar-refractivity contribution is 7.15. The van der Waals surface area contributed by atoms with Gasteiger partial charge < -0.3 is 16.0 Å². The highest BCUT2D eigenvalue weighted by atomic mass is 32.1. The van der Waals surface area contributed by atoms with Crippen molar-refractivity contribution < 1.29 is 9.18 Å². The molecule has 0 bridgehead atoms. The highest BCUT2D eigenvalue weighted by Gasteiger charge is 2.41. The first kappa shape index (κ1) is 19.8. The van der Waals surface area contributed by atoms with Gasteiger partial charge in [-0.15, -0.1) is 21.5 Å². The van der Waals surface area contributed by atoms with E-state index >= 15 is 0 Å². The molecule has 0 unspecified atom stereocenters. The summed E-state index contributed by atoms with van der Waals surface area (Å²) in [6, 6.07) is 6.41. The lowest BCUT2D eigenvalue weighted by atomic mass is 9.66. The maximum atomic E-state index is 14.3. The minimum atomic E-state index is -0.411. The summed E-state index contributed by atoms with van der Waals surface area (Å²) in [5.74, 6) is 0.376. The van der Waals surface area contributed by atoms with Crippen molar-refractivity contribution in [2.24, 2.45) is 5.73 Å². The predicted molar refractivity (Wildman–Crippen MR) is 115 cm³/mol. The van der Waals surface area contributed by atoms with Crippen LogP contribution in [-0.2, 0) is 18.4 Å². The van der Waals surface area contributed by atoms with Gasteiger partial charge >= 0.3 is 6.03 Å². The molecule has 3 N–H and O–H groups in total. The van der Waals surface area contributed by atoms with Gasteiger partial charge in [0.05, 0.1) is 17.9 Å². The van der Waals surface area contributed by atoms with Crippen LogP contribution in [0.5, 0.6) is 0 Å². The number of hydrogen-bond acceptors (Lipinski definition) is 7. The Labute approximate surface area is 182 Å². The molecule has 1 fully saturated rings.